The zero-order valence-corrected chi connectivity index (χ0v) is 12.8. The molecule has 0 aromatic carbocycles. The Labute approximate surface area is 123 Å². The molecular formula is C14H20N2O3S. The van der Waals surface area contributed by atoms with E-state index in [4.69, 9.17) is 4.74 Å². The van der Waals surface area contributed by atoms with E-state index in [1.165, 1.54) is 18.9 Å². The lowest BCUT2D eigenvalue weighted by atomic mass is 9.99. The smallest absolute Gasteiger partial charge is 0.328 e. The van der Waals surface area contributed by atoms with E-state index in [2.05, 4.69) is 10.3 Å². The van der Waals surface area contributed by atoms with E-state index in [-0.39, 0.29) is 17.6 Å². The molecule has 1 aromatic heterocycles. The molecule has 20 heavy (non-hydrogen) atoms. The van der Waals surface area contributed by atoms with Crippen molar-refractivity contribution in [3.05, 3.63) is 24.4 Å². The van der Waals surface area contributed by atoms with Gasteiger partial charge in [0.1, 0.15) is 6.04 Å². The van der Waals surface area contributed by atoms with Crippen LogP contribution < -0.4 is 5.32 Å². The van der Waals surface area contributed by atoms with Crippen molar-refractivity contribution in [2.45, 2.75) is 31.3 Å². The Kier molecular flexibility index (Phi) is 7.08. The summed E-state index contributed by atoms with van der Waals surface area (Å²) in [6, 6.07) is 4.93. The molecule has 0 spiro atoms. The fourth-order valence-electron chi connectivity index (χ4n) is 1.58. The number of methoxy groups -OCH3 is 1. The zero-order chi connectivity index (χ0) is 15.0. The first kappa shape index (κ1) is 16.5. The molecular weight excluding hydrogens is 276 g/mol. The van der Waals surface area contributed by atoms with Gasteiger partial charge in [-0.05, 0) is 18.1 Å². The van der Waals surface area contributed by atoms with Gasteiger partial charge >= 0.3 is 5.97 Å². The monoisotopic (exact) mass is 296 g/mol. The van der Waals surface area contributed by atoms with Crippen LogP contribution >= 0.6 is 11.8 Å². The van der Waals surface area contributed by atoms with Gasteiger partial charge in [-0.3, -0.25) is 4.79 Å². The molecule has 6 heteroatoms. The van der Waals surface area contributed by atoms with E-state index >= 15 is 0 Å². The van der Waals surface area contributed by atoms with Crippen molar-refractivity contribution in [1.82, 2.24) is 10.3 Å². The summed E-state index contributed by atoms with van der Waals surface area (Å²) in [7, 11) is 1.33. The second-order valence-corrected chi connectivity index (χ2v) is 5.41. The van der Waals surface area contributed by atoms with Crippen LogP contribution in [0.25, 0.3) is 0 Å². The molecule has 0 aliphatic heterocycles. The standard InChI is InChI=1S/C14H20N2O3S/c1-4-10(2)13(14(18)19-3)16-11(17)9-20-12-7-5-6-8-15-12/h5-8,10,13H,4,9H2,1-3H3,(H,16,17)/t10-,13-/m1/s1. The molecule has 0 radical (unpaired) electrons. The lowest BCUT2D eigenvalue weighted by molar-refractivity contribution is -0.146. The minimum absolute atomic E-state index is 0.0336. The number of nitrogens with zero attached hydrogens (tertiary/aromatic N) is 1. The minimum atomic E-state index is -0.596. The number of hydrogen-bond acceptors (Lipinski definition) is 5. The van der Waals surface area contributed by atoms with E-state index < -0.39 is 12.0 Å². The first-order chi connectivity index (χ1) is 9.58. The van der Waals surface area contributed by atoms with Crippen LogP contribution in [0.3, 0.4) is 0 Å². The van der Waals surface area contributed by atoms with E-state index in [9.17, 15) is 9.59 Å². The summed E-state index contributed by atoms with van der Waals surface area (Å²) in [6.45, 7) is 3.88. The summed E-state index contributed by atoms with van der Waals surface area (Å²) < 4.78 is 4.73. The van der Waals surface area contributed by atoms with Crippen LogP contribution in [-0.4, -0.2) is 35.8 Å². The summed E-state index contributed by atoms with van der Waals surface area (Å²) >= 11 is 1.33. The van der Waals surface area contributed by atoms with Gasteiger partial charge in [0.15, 0.2) is 0 Å². The number of nitrogens with one attached hydrogen (secondary N) is 1. The maximum absolute atomic E-state index is 11.9. The predicted molar refractivity (Wildman–Crippen MR) is 78.4 cm³/mol. The first-order valence-corrected chi connectivity index (χ1v) is 7.48. The van der Waals surface area contributed by atoms with E-state index in [1.807, 2.05) is 32.0 Å². The molecule has 1 aromatic rings. The Balaban J connectivity index is 2.51. The van der Waals surface area contributed by atoms with Crippen molar-refractivity contribution < 1.29 is 14.3 Å². The normalized spacial score (nSPS) is 13.3. The van der Waals surface area contributed by atoms with Gasteiger partial charge in [0.05, 0.1) is 17.9 Å². The summed E-state index contributed by atoms with van der Waals surface area (Å²) in [4.78, 5) is 27.7. The van der Waals surface area contributed by atoms with Crippen LogP contribution in [0.4, 0.5) is 0 Å². The third kappa shape index (κ3) is 5.21. The summed E-state index contributed by atoms with van der Waals surface area (Å²) in [5, 5.41) is 3.51. The van der Waals surface area contributed by atoms with Crippen LogP contribution in [0.15, 0.2) is 29.4 Å². The zero-order valence-electron chi connectivity index (χ0n) is 12.0. The number of pyridine rings is 1. The van der Waals surface area contributed by atoms with Crippen LogP contribution in [0.5, 0.6) is 0 Å². The van der Waals surface area contributed by atoms with Gasteiger partial charge in [-0.15, -0.1) is 0 Å². The molecule has 2 atom stereocenters. The van der Waals surface area contributed by atoms with Crippen molar-refractivity contribution in [3.63, 3.8) is 0 Å². The average Bonchev–Trinajstić information content (AvgIpc) is 2.50. The van der Waals surface area contributed by atoms with Crippen molar-refractivity contribution in [3.8, 4) is 0 Å². The molecule has 0 saturated heterocycles. The highest BCUT2D eigenvalue weighted by Crippen LogP contribution is 2.14. The van der Waals surface area contributed by atoms with E-state index in [0.717, 1.165) is 11.4 Å². The Morgan fingerprint density at radius 1 is 1.45 bits per heavy atom. The molecule has 110 valence electrons. The number of amides is 1. The fourth-order valence-corrected chi connectivity index (χ4v) is 2.26. The van der Waals surface area contributed by atoms with Gasteiger partial charge < -0.3 is 10.1 Å². The Hall–Kier alpha value is -1.56. The number of hydrogen-bond donors (Lipinski definition) is 1. The molecule has 0 fully saturated rings. The van der Waals surface area contributed by atoms with Gasteiger partial charge in [0.25, 0.3) is 0 Å². The highest BCUT2D eigenvalue weighted by atomic mass is 32.2. The highest BCUT2D eigenvalue weighted by molar-refractivity contribution is 7.99. The number of aromatic nitrogens is 1. The molecule has 5 nitrogen and oxygen atoms in total. The number of ether oxygens (including phenoxy) is 1. The number of rotatable bonds is 7. The Bertz CT molecular complexity index is 439. The number of carbonyl (C=O) groups is 2. The van der Waals surface area contributed by atoms with Crippen molar-refractivity contribution >= 4 is 23.6 Å². The molecule has 1 N–H and O–H groups in total. The molecule has 0 unspecified atom stereocenters. The van der Waals surface area contributed by atoms with Crippen LogP contribution in [0.1, 0.15) is 20.3 Å². The lowest BCUT2D eigenvalue weighted by Gasteiger charge is -2.21. The molecule has 0 aliphatic rings. The SMILES string of the molecule is CC[C@@H](C)[C@@H](NC(=O)CSc1ccccn1)C(=O)OC. The number of carbonyl (C=O) groups excluding carboxylic acids is 2. The van der Waals surface area contributed by atoms with Gasteiger partial charge in [-0.1, -0.05) is 38.1 Å². The lowest BCUT2D eigenvalue weighted by Crippen LogP contribution is -2.46. The molecule has 1 amide bonds. The van der Waals surface area contributed by atoms with Crippen LogP contribution in [-0.2, 0) is 14.3 Å². The largest absolute Gasteiger partial charge is 0.467 e. The first-order valence-electron chi connectivity index (χ1n) is 6.49. The van der Waals surface area contributed by atoms with Crippen LogP contribution in [0, 0.1) is 5.92 Å². The minimum Gasteiger partial charge on any atom is -0.467 e. The average molecular weight is 296 g/mol. The van der Waals surface area contributed by atoms with Crippen molar-refractivity contribution in [1.29, 1.82) is 0 Å². The topological polar surface area (TPSA) is 68.3 Å². The number of esters is 1. The molecule has 0 aliphatic carbocycles. The van der Waals surface area contributed by atoms with E-state index in [1.54, 1.807) is 6.20 Å². The van der Waals surface area contributed by atoms with Crippen molar-refractivity contribution in [2.24, 2.45) is 5.92 Å². The van der Waals surface area contributed by atoms with Gasteiger partial charge in [-0.2, -0.15) is 0 Å². The second kappa shape index (κ2) is 8.58. The Morgan fingerprint density at radius 2 is 2.20 bits per heavy atom. The second-order valence-electron chi connectivity index (χ2n) is 4.41. The summed E-state index contributed by atoms with van der Waals surface area (Å²) in [5.41, 5.74) is 0. The summed E-state index contributed by atoms with van der Waals surface area (Å²) in [5.74, 6) is -0.348. The Morgan fingerprint density at radius 3 is 2.75 bits per heavy atom. The predicted octanol–water partition coefficient (Wildman–Crippen LogP) is 1.88. The third-order valence-corrected chi connectivity index (χ3v) is 3.92. The van der Waals surface area contributed by atoms with Gasteiger partial charge in [0.2, 0.25) is 5.91 Å². The van der Waals surface area contributed by atoms with Gasteiger partial charge in [-0.25, -0.2) is 9.78 Å². The number of thioether (sulfide) groups is 1. The molecule has 0 saturated carbocycles. The quantitative estimate of drug-likeness (QED) is 0.614. The molecule has 0 bridgehead atoms. The molecule has 1 heterocycles. The fraction of sp³-hybridized carbons (Fsp3) is 0.500. The van der Waals surface area contributed by atoms with Crippen molar-refractivity contribution in [2.75, 3.05) is 12.9 Å². The maximum Gasteiger partial charge on any atom is 0.328 e. The highest BCUT2D eigenvalue weighted by Gasteiger charge is 2.26. The van der Waals surface area contributed by atoms with E-state index in [0.29, 0.717) is 0 Å². The molecule has 1 rings (SSSR count). The third-order valence-electron chi connectivity index (χ3n) is 2.97. The maximum atomic E-state index is 11.9. The van der Waals surface area contributed by atoms with Gasteiger partial charge in [0, 0.05) is 6.20 Å². The van der Waals surface area contributed by atoms with Crippen LogP contribution in [0.2, 0.25) is 0 Å². The summed E-state index contributed by atoms with van der Waals surface area (Å²) in [6.07, 6.45) is 2.46.